The Morgan fingerprint density at radius 1 is 1.32 bits per heavy atom. The number of urea groups is 1. The second kappa shape index (κ2) is 9.74. The van der Waals surface area contributed by atoms with Gasteiger partial charge in [-0.15, -0.1) is 0 Å². The van der Waals surface area contributed by atoms with Crippen molar-refractivity contribution in [2.75, 3.05) is 58.8 Å². The van der Waals surface area contributed by atoms with Crippen molar-refractivity contribution in [2.24, 2.45) is 5.92 Å². The van der Waals surface area contributed by atoms with Crippen molar-refractivity contribution < 1.29 is 9.53 Å². The van der Waals surface area contributed by atoms with Gasteiger partial charge in [-0.2, -0.15) is 5.10 Å². The Morgan fingerprint density at radius 3 is 2.68 bits per heavy atom. The van der Waals surface area contributed by atoms with Crippen LogP contribution < -0.4 is 10.6 Å². The molecule has 1 saturated heterocycles. The number of hydrogen-bond acceptors (Lipinski definition) is 5. The number of carbonyl (C=O) groups is 1. The van der Waals surface area contributed by atoms with Crippen molar-refractivity contribution in [1.82, 2.24) is 24.9 Å². The molecule has 8 nitrogen and oxygen atoms in total. The van der Waals surface area contributed by atoms with E-state index in [1.54, 1.807) is 24.2 Å². The molecule has 1 atom stereocenters. The van der Waals surface area contributed by atoms with Gasteiger partial charge in [0.1, 0.15) is 0 Å². The molecule has 0 bridgehead atoms. The Labute approximate surface area is 150 Å². The van der Waals surface area contributed by atoms with Crippen LogP contribution in [0.3, 0.4) is 0 Å². The fourth-order valence-corrected chi connectivity index (χ4v) is 3.05. The number of ether oxygens (including phenoxy) is 1. The first-order chi connectivity index (χ1) is 12.0. The number of methoxy groups -OCH3 is 1. The normalized spacial score (nSPS) is 17.6. The summed E-state index contributed by atoms with van der Waals surface area (Å²) in [6.07, 6.45) is 3.45. The van der Waals surface area contributed by atoms with Crippen LogP contribution in [0, 0.1) is 5.92 Å². The summed E-state index contributed by atoms with van der Waals surface area (Å²) in [4.78, 5) is 17.0. The lowest BCUT2D eigenvalue weighted by Gasteiger charge is -2.39. The Balaban J connectivity index is 1.79. The molecule has 1 aliphatic heterocycles. The Kier molecular flexibility index (Phi) is 7.67. The zero-order valence-electron chi connectivity index (χ0n) is 15.9. The molecule has 0 unspecified atom stereocenters. The van der Waals surface area contributed by atoms with E-state index in [4.69, 9.17) is 4.74 Å². The monoisotopic (exact) mass is 352 g/mol. The highest BCUT2D eigenvalue weighted by atomic mass is 16.5. The average Bonchev–Trinajstić information content (AvgIpc) is 3.01. The van der Waals surface area contributed by atoms with Gasteiger partial charge in [0.15, 0.2) is 0 Å². The molecule has 25 heavy (non-hydrogen) atoms. The van der Waals surface area contributed by atoms with Gasteiger partial charge in [0.05, 0.1) is 25.0 Å². The van der Waals surface area contributed by atoms with Crippen LogP contribution in [0.15, 0.2) is 12.4 Å². The number of nitrogens with one attached hydrogen (secondary N) is 2. The predicted octanol–water partition coefficient (Wildman–Crippen LogP) is 0.923. The lowest BCUT2D eigenvalue weighted by Crippen LogP contribution is -2.54. The van der Waals surface area contributed by atoms with Crippen LogP contribution in [-0.4, -0.2) is 85.1 Å². The molecule has 0 spiro atoms. The molecule has 2 rings (SSSR count). The summed E-state index contributed by atoms with van der Waals surface area (Å²) < 4.78 is 6.77. The van der Waals surface area contributed by atoms with E-state index < -0.39 is 0 Å². The number of anilines is 1. The molecule has 1 aromatic heterocycles. The van der Waals surface area contributed by atoms with Gasteiger partial charge in [-0.25, -0.2) is 4.79 Å². The summed E-state index contributed by atoms with van der Waals surface area (Å²) in [7, 11) is 3.81. The number of carbonyl (C=O) groups excluding carboxylic acids is 1. The molecule has 2 heterocycles. The minimum atomic E-state index is -0.189. The van der Waals surface area contributed by atoms with Gasteiger partial charge in [-0.3, -0.25) is 9.58 Å². The topological polar surface area (TPSA) is 74.7 Å². The van der Waals surface area contributed by atoms with Gasteiger partial charge in [0, 0.05) is 52.1 Å². The fourth-order valence-electron chi connectivity index (χ4n) is 3.05. The van der Waals surface area contributed by atoms with E-state index in [-0.39, 0.29) is 6.03 Å². The Bertz CT molecular complexity index is 525. The van der Waals surface area contributed by atoms with E-state index in [1.165, 1.54) is 0 Å². The molecule has 142 valence electrons. The van der Waals surface area contributed by atoms with Crippen LogP contribution in [-0.2, 0) is 11.3 Å². The second-order valence-corrected chi connectivity index (χ2v) is 6.97. The molecular weight excluding hydrogens is 320 g/mol. The first-order valence-corrected chi connectivity index (χ1v) is 8.98. The molecule has 0 aromatic carbocycles. The molecule has 0 radical (unpaired) electrons. The Morgan fingerprint density at radius 2 is 2.04 bits per heavy atom. The SMILES string of the molecule is COCCn1cc(NC(=O)NC[C@H](C(C)C)N2CCN(C)CC2)cn1. The molecule has 2 N–H and O–H groups in total. The van der Waals surface area contributed by atoms with Gasteiger partial charge in [-0.1, -0.05) is 13.8 Å². The van der Waals surface area contributed by atoms with Gasteiger partial charge in [0.2, 0.25) is 0 Å². The highest BCUT2D eigenvalue weighted by Crippen LogP contribution is 2.13. The number of aromatic nitrogens is 2. The first kappa shape index (κ1) is 19.7. The summed E-state index contributed by atoms with van der Waals surface area (Å²) in [5, 5.41) is 10.0. The number of likely N-dealkylation sites (N-methyl/N-ethyl adjacent to an activating group) is 1. The molecule has 0 saturated carbocycles. The molecule has 0 aliphatic carbocycles. The van der Waals surface area contributed by atoms with Crippen LogP contribution in [0.5, 0.6) is 0 Å². The smallest absolute Gasteiger partial charge is 0.319 e. The number of rotatable bonds is 8. The summed E-state index contributed by atoms with van der Waals surface area (Å²) in [5.41, 5.74) is 0.689. The zero-order chi connectivity index (χ0) is 18.2. The quantitative estimate of drug-likeness (QED) is 0.728. The highest BCUT2D eigenvalue weighted by Gasteiger charge is 2.25. The maximum atomic E-state index is 12.2. The van der Waals surface area contributed by atoms with Gasteiger partial charge < -0.3 is 20.3 Å². The summed E-state index contributed by atoms with van der Waals surface area (Å²) in [6, 6.07) is 0.162. The second-order valence-electron chi connectivity index (χ2n) is 6.97. The van der Waals surface area contributed by atoms with Gasteiger partial charge in [0.25, 0.3) is 0 Å². The van der Waals surface area contributed by atoms with E-state index in [0.717, 1.165) is 26.2 Å². The minimum Gasteiger partial charge on any atom is -0.383 e. The van der Waals surface area contributed by atoms with Crippen molar-refractivity contribution in [3.05, 3.63) is 12.4 Å². The van der Waals surface area contributed by atoms with Crippen LogP contribution in [0.1, 0.15) is 13.8 Å². The standard InChI is InChI=1S/C17H32N6O2/c1-14(2)16(22-7-5-21(3)6-8-22)12-18-17(24)20-15-11-19-23(13-15)9-10-25-4/h11,13-14,16H,5-10,12H2,1-4H3,(H2,18,20,24)/t16-/m1/s1. The van der Waals surface area contributed by atoms with Crippen LogP contribution in [0.4, 0.5) is 10.5 Å². The van der Waals surface area contributed by atoms with E-state index in [1.807, 2.05) is 0 Å². The maximum absolute atomic E-state index is 12.2. The van der Waals surface area contributed by atoms with Crippen molar-refractivity contribution in [3.63, 3.8) is 0 Å². The third-order valence-corrected chi connectivity index (χ3v) is 4.66. The van der Waals surface area contributed by atoms with Gasteiger partial charge in [-0.05, 0) is 13.0 Å². The summed E-state index contributed by atoms with van der Waals surface area (Å²) >= 11 is 0. The number of piperazine rings is 1. The van der Waals surface area contributed by atoms with Crippen LogP contribution in [0.25, 0.3) is 0 Å². The average molecular weight is 352 g/mol. The Hall–Kier alpha value is -1.64. The van der Waals surface area contributed by atoms with Crippen molar-refractivity contribution in [3.8, 4) is 0 Å². The third kappa shape index (κ3) is 6.30. The largest absolute Gasteiger partial charge is 0.383 e. The van der Waals surface area contributed by atoms with Crippen molar-refractivity contribution in [2.45, 2.75) is 26.4 Å². The zero-order valence-corrected chi connectivity index (χ0v) is 15.9. The molecular formula is C17H32N6O2. The number of hydrogen-bond donors (Lipinski definition) is 2. The van der Waals surface area contributed by atoms with E-state index in [9.17, 15) is 4.79 Å². The fraction of sp³-hybridized carbons (Fsp3) is 0.765. The van der Waals surface area contributed by atoms with Crippen molar-refractivity contribution in [1.29, 1.82) is 0 Å². The molecule has 2 amide bonds. The maximum Gasteiger partial charge on any atom is 0.319 e. The summed E-state index contributed by atoms with van der Waals surface area (Å²) in [6.45, 7) is 10.6. The third-order valence-electron chi connectivity index (χ3n) is 4.66. The number of nitrogens with zero attached hydrogens (tertiary/aromatic N) is 4. The molecule has 1 aliphatic rings. The lowest BCUT2D eigenvalue weighted by atomic mass is 10.0. The predicted molar refractivity (Wildman–Crippen MR) is 98.8 cm³/mol. The lowest BCUT2D eigenvalue weighted by molar-refractivity contribution is 0.0890. The number of amides is 2. The minimum absolute atomic E-state index is 0.189. The van der Waals surface area contributed by atoms with Crippen molar-refractivity contribution >= 4 is 11.7 Å². The first-order valence-electron chi connectivity index (χ1n) is 8.98. The van der Waals surface area contributed by atoms with E-state index >= 15 is 0 Å². The van der Waals surface area contributed by atoms with E-state index in [2.05, 4.69) is 46.4 Å². The summed E-state index contributed by atoms with van der Waals surface area (Å²) in [5.74, 6) is 0.487. The van der Waals surface area contributed by atoms with Crippen LogP contribution >= 0.6 is 0 Å². The molecule has 1 fully saturated rings. The van der Waals surface area contributed by atoms with Crippen LogP contribution in [0.2, 0.25) is 0 Å². The van der Waals surface area contributed by atoms with Gasteiger partial charge >= 0.3 is 6.03 Å². The van der Waals surface area contributed by atoms with E-state index in [0.29, 0.717) is 37.3 Å². The highest BCUT2D eigenvalue weighted by molar-refractivity contribution is 5.88. The molecule has 8 heteroatoms. The molecule has 1 aromatic rings.